The first-order valence-corrected chi connectivity index (χ1v) is 6.23. The zero-order valence-electron chi connectivity index (χ0n) is 10.7. The third-order valence-corrected chi connectivity index (χ3v) is 3.14. The number of likely N-dealkylation sites (tertiary alicyclic amines) is 1. The fraction of sp³-hybridized carbons (Fsp3) is 0.462. The molecule has 0 atom stereocenters. The lowest BCUT2D eigenvalue weighted by molar-refractivity contribution is -0.274. The number of hydrogen-bond donors (Lipinski definition) is 1. The van der Waals surface area contributed by atoms with E-state index >= 15 is 0 Å². The van der Waals surface area contributed by atoms with Crippen LogP contribution in [0, 0.1) is 0 Å². The smallest absolute Gasteiger partial charge is 0.411 e. The highest BCUT2D eigenvalue weighted by atomic mass is 19.4. The maximum atomic E-state index is 12.0. The van der Waals surface area contributed by atoms with Crippen molar-refractivity contribution in [2.75, 3.05) is 13.1 Å². The van der Waals surface area contributed by atoms with Gasteiger partial charge in [-0.25, -0.2) is 0 Å². The Hall–Kier alpha value is -1.76. The average molecular weight is 288 g/mol. The van der Waals surface area contributed by atoms with Crippen molar-refractivity contribution in [3.05, 3.63) is 29.8 Å². The van der Waals surface area contributed by atoms with Gasteiger partial charge < -0.3 is 9.94 Å². The Balaban J connectivity index is 1.88. The standard InChI is InChI=1S/C13H15F3N2O2/c14-13(15,16)20-12-3-1-10(2-4-12)9-18-7-5-11(17-19)6-8-18/h1-4,19H,5-9H2. The zero-order chi connectivity index (χ0) is 14.6. The monoisotopic (exact) mass is 288 g/mol. The van der Waals surface area contributed by atoms with E-state index in [1.807, 2.05) is 0 Å². The van der Waals surface area contributed by atoms with Gasteiger partial charge in [-0.1, -0.05) is 17.3 Å². The molecule has 4 nitrogen and oxygen atoms in total. The third-order valence-electron chi connectivity index (χ3n) is 3.14. The number of ether oxygens (including phenoxy) is 1. The molecule has 1 aliphatic heterocycles. The predicted octanol–water partition coefficient (Wildman–Crippen LogP) is 3.01. The van der Waals surface area contributed by atoms with Crippen LogP contribution in [-0.2, 0) is 6.54 Å². The molecule has 20 heavy (non-hydrogen) atoms. The molecule has 1 aliphatic rings. The first-order valence-electron chi connectivity index (χ1n) is 6.23. The first kappa shape index (κ1) is 14.6. The van der Waals surface area contributed by atoms with E-state index in [2.05, 4.69) is 14.8 Å². The highest BCUT2D eigenvalue weighted by molar-refractivity contribution is 5.84. The van der Waals surface area contributed by atoms with Crippen molar-refractivity contribution >= 4 is 5.71 Å². The fourth-order valence-corrected chi connectivity index (χ4v) is 2.12. The van der Waals surface area contributed by atoms with Crippen molar-refractivity contribution < 1.29 is 23.1 Å². The molecule has 0 unspecified atom stereocenters. The average Bonchev–Trinajstić information content (AvgIpc) is 2.40. The number of nitrogens with zero attached hydrogens (tertiary/aromatic N) is 2. The van der Waals surface area contributed by atoms with Gasteiger partial charge in [-0.2, -0.15) is 0 Å². The Kier molecular flexibility index (Phi) is 4.49. The lowest BCUT2D eigenvalue weighted by Gasteiger charge is -2.26. The summed E-state index contributed by atoms with van der Waals surface area (Å²) in [7, 11) is 0. The van der Waals surface area contributed by atoms with Gasteiger partial charge in [0.05, 0.1) is 5.71 Å². The molecule has 1 aromatic carbocycles. The van der Waals surface area contributed by atoms with Gasteiger partial charge in [0.25, 0.3) is 0 Å². The van der Waals surface area contributed by atoms with Crippen molar-refractivity contribution in [1.82, 2.24) is 4.90 Å². The third kappa shape index (κ3) is 4.41. The highest BCUT2D eigenvalue weighted by Crippen LogP contribution is 2.23. The Bertz CT molecular complexity index is 461. The summed E-state index contributed by atoms with van der Waals surface area (Å²) in [6.07, 6.45) is -3.23. The number of rotatable bonds is 3. The predicted molar refractivity (Wildman–Crippen MR) is 66.9 cm³/mol. The van der Waals surface area contributed by atoms with Crippen LogP contribution in [-0.4, -0.2) is 35.3 Å². The van der Waals surface area contributed by atoms with Gasteiger partial charge in [-0.05, 0) is 17.7 Å². The minimum Gasteiger partial charge on any atom is -0.411 e. The Morgan fingerprint density at radius 2 is 1.75 bits per heavy atom. The van der Waals surface area contributed by atoms with E-state index in [1.165, 1.54) is 12.1 Å². The molecule has 110 valence electrons. The second-order valence-electron chi connectivity index (χ2n) is 4.63. The van der Waals surface area contributed by atoms with E-state index in [0.717, 1.165) is 24.4 Å². The number of benzene rings is 1. The molecule has 0 amide bonds. The van der Waals surface area contributed by atoms with Crippen molar-refractivity contribution in [2.24, 2.45) is 5.16 Å². The van der Waals surface area contributed by atoms with E-state index in [9.17, 15) is 13.2 Å². The van der Waals surface area contributed by atoms with Crippen molar-refractivity contribution in [2.45, 2.75) is 25.7 Å². The molecule has 0 radical (unpaired) electrons. The molecule has 0 aromatic heterocycles. The van der Waals surface area contributed by atoms with Crippen LogP contribution in [0.4, 0.5) is 13.2 Å². The molecule has 1 aromatic rings. The SMILES string of the molecule is ON=C1CCN(Cc2ccc(OC(F)(F)F)cc2)CC1. The topological polar surface area (TPSA) is 45.1 Å². The van der Waals surface area contributed by atoms with E-state index < -0.39 is 6.36 Å². The van der Waals surface area contributed by atoms with Crippen LogP contribution in [0.2, 0.25) is 0 Å². The van der Waals surface area contributed by atoms with Crippen molar-refractivity contribution in [1.29, 1.82) is 0 Å². The van der Waals surface area contributed by atoms with Crippen LogP contribution < -0.4 is 4.74 Å². The van der Waals surface area contributed by atoms with E-state index in [-0.39, 0.29) is 5.75 Å². The highest BCUT2D eigenvalue weighted by Gasteiger charge is 2.30. The largest absolute Gasteiger partial charge is 0.573 e. The van der Waals surface area contributed by atoms with Gasteiger partial charge >= 0.3 is 6.36 Å². The van der Waals surface area contributed by atoms with Gasteiger partial charge in [0, 0.05) is 32.5 Å². The van der Waals surface area contributed by atoms with Gasteiger partial charge in [-0.3, -0.25) is 4.90 Å². The molecule has 7 heteroatoms. The Morgan fingerprint density at radius 1 is 1.15 bits per heavy atom. The Labute approximate surface area is 114 Å². The van der Waals surface area contributed by atoms with Crippen LogP contribution in [0.5, 0.6) is 5.75 Å². The maximum Gasteiger partial charge on any atom is 0.573 e. The lowest BCUT2D eigenvalue weighted by atomic mass is 10.1. The van der Waals surface area contributed by atoms with Gasteiger partial charge in [0.2, 0.25) is 0 Å². The molecule has 0 saturated carbocycles. The van der Waals surface area contributed by atoms with Crippen molar-refractivity contribution in [3.8, 4) is 5.75 Å². The quantitative estimate of drug-likeness (QED) is 0.687. The van der Waals surface area contributed by atoms with Gasteiger partial charge in [0.15, 0.2) is 0 Å². The summed E-state index contributed by atoms with van der Waals surface area (Å²) < 4.78 is 39.9. The normalized spacial score (nSPS) is 17.1. The number of hydrogen-bond acceptors (Lipinski definition) is 4. The summed E-state index contributed by atoms with van der Waals surface area (Å²) in [6.45, 7) is 2.21. The first-order chi connectivity index (χ1) is 9.46. The van der Waals surface area contributed by atoms with Crippen LogP contribution in [0.25, 0.3) is 0 Å². The summed E-state index contributed by atoms with van der Waals surface area (Å²) in [5.41, 5.74) is 1.71. The minimum absolute atomic E-state index is 0.213. The van der Waals surface area contributed by atoms with Crippen molar-refractivity contribution in [3.63, 3.8) is 0 Å². The molecule has 1 fully saturated rings. The second kappa shape index (κ2) is 6.13. The molecular formula is C13H15F3N2O2. The van der Waals surface area contributed by atoms with Crippen LogP contribution >= 0.6 is 0 Å². The van der Waals surface area contributed by atoms with Gasteiger partial charge in [-0.15, -0.1) is 13.2 Å². The Morgan fingerprint density at radius 3 is 2.25 bits per heavy atom. The summed E-state index contributed by atoms with van der Waals surface area (Å²) in [5, 5.41) is 11.9. The van der Waals surface area contributed by atoms with Crippen LogP contribution in [0.15, 0.2) is 29.4 Å². The molecule has 0 bridgehead atoms. The summed E-state index contributed by atoms with van der Waals surface area (Å²) in [6, 6.07) is 5.87. The maximum absolute atomic E-state index is 12.0. The van der Waals surface area contributed by atoms with E-state index in [0.29, 0.717) is 19.4 Å². The van der Waals surface area contributed by atoms with E-state index in [1.54, 1.807) is 12.1 Å². The number of alkyl halides is 3. The molecule has 1 heterocycles. The number of piperidine rings is 1. The molecular weight excluding hydrogens is 273 g/mol. The molecule has 2 rings (SSSR count). The molecule has 0 spiro atoms. The van der Waals surface area contributed by atoms with Gasteiger partial charge in [0.1, 0.15) is 5.75 Å². The zero-order valence-corrected chi connectivity index (χ0v) is 10.7. The van der Waals surface area contributed by atoms with Crippen LogP contribution in [0.1, 0.15) is 18.4 Å². The summed E-state index contributed by atoms with van der Waals surface area (Å²) in [4.78, 5) is 2.16. The van der Waals surface area contributed by atoms with Crippen LogP contribution in [0.3, 0.4) is 0 Å². The summed E-state index contributed by atoms with van der Waals surface area (Å²) in [5.74, 6) is -0.213. The second-order valence-corrected chi connectivity index (χ2v) is 4.63. The van der Waals surface area contributed by atoms with E-state index in [4.69, 9.17) is 5.21 Å². The number of oxime groups is 1. The molecule has 0 aliphatic carbocycles. The summed E-state index contributed by atoms with van der Waals surface area (Å²) >= 11 is 0. The minimum atomic E-state index is -4.66. The lowest BCUT2D eigenvalue weighted by Crippen LogP contribution is -2.33. The molecule has 1 N–H and O–H groups in total. The fourth-order valence-electron chi connectivity index (χ4n) is 2.12. The number of halogens is 3. The molecule has 1 saturated heterocycles.